The van der Waals surface area contributed by atoms with Gasteiger partial charge in [0.15, 0.2) is 0 Å². The summed E-state index contributed by atoms with van der Waals surface area (Å²) in [4.78, 5) is 16.2. The number of aryl methyl sites for hydroxylation is 2. The van der Waals surface area contributed by atoms with E-state index in [0.717, 1.165) is 15.6 Å². The number of hydrogen-bond donors (Lipinski definition) is 1. The van der Waals surface area contributed by atoms with Crippen molar-refractivity contribution in [2.45, 2.75) is 13.8 Å². The second kappa shape index (κ2) is 5.31. The summed E-state index contributed by atoms with van der Waals surface area (Å²) >= 11 is 3.30. The third-order valence-corrected chi connectivity index (χ3v) is 3.08. The molecule has 2 aromatic rings. The van der Waals surface area contributed by atoms with Gasteiger partial charge in [-0.05, 0) is 53.5 Å². The molecule has 1 aromatic carbocycles. The van der Waals surface area contributed by atoms with Crippen LogP contribution in [0.1, 0.15) is 21.5 Å². The van der Waals surface area contributed by atoms with E-state index < -0.39 is 0 Å². The molecule has 0 aliphatic carbocycles. The second-order valence-corrected chi connectivity index (χ2v) is 5.05. The summed E-state index contributed by atoms with van der Waals surface area (Å²) < 4.78 is 0.882. The van der Waals surface area contributed by atoms with Crippen LogP contribution in [0.2, 0.25) is 0 Å². The van der Waals surface area contributed by atoms with Crippen molar-refractivity contribution in [2.75, 3.05) is 5.32 Å². The molecule has 0 radical (unpaired) electrons. The molecule has 4 heteroatoms. The molecule has 0 atom stereocenters. The summed E-state index contributed by atoms with van der Waals surface area (Å²) in [6.07, 6.45) is 1.65. The minimum Gasteiger partial charge on any atom is -0.307 e. The second-order valence-electron chi connectivity index (χ2n) is 4.13. The van der Waals surface area contributed by atoms with Gasteiger partial charge in [-0.2, -0.15) is 0 Å². The molecular formula is C14H13BrN2O. The van der Waals surface area contributed by atoms with Crippen molar-refractivity contribution < 1.29 is 4.79 Å². The summed E-state index contributed by atoms with van der Waals surface area (Å²) in [6.45, 7) is 3.89. The third kappa shape index (κ3) is 2.96. The van der Waals surface area contributed by atoms with Crippen molar-refractivity contribution in [3.05, 3.63) is 57.7 Å². The van der Waals surface area contributed by atoms with Gasteiger partial charge in [-0.1, -0.05) is 17.7 Å². The maximum atomic E-state index is 12.1. The molecule has 1 amide bonds. The fraction of sp³-hybridized carbons (Fsp3) is 0.143. The fourth-order valence-electron chi connectivity index (χ4n) is 1.61. The summed E-state index contributed by atoms with van der Waals surface area (Å²) in [6, 6.07) is 9.41. The molecular weight excluding hydrogens is 292 g/mol. The number of benzene rings is 1. The van der Waals surface area contributed by atoms with E-state index in [9.17, 15) is 4.79 Å². The topological polar surface area (TPSA) is 42.0 Å². The van der Waals surface area contributed by atoms with Crippen molar-refractivity contribution in [1.29, 1.82) is 0 Å². The smallest absolute Gasteiger partial charge is 0.257 e. The van der Waals surface area contributed by atoms with Gasteiger partial charge in [0.05, 0.1) is 0 Å². The lowest BCUT2D eigenvalue weighted by atomic mass is 10.1. The number of nitrogens with zero attached hydrogens (tertiary/aromatic N) is 1. The van der Waals surface area contributed by atoms with Crippen LogP contribution in [0, 0.1) is 13.8 Å². The Morgan fingerprint density at radius 1 is 1.22 bits per heavy atom. The number of nitrogens with one attached hydrogen (secondary N) is 1. The first-order valence-electron chi connectivity index (χ1n) is 5.56. The predicted molar refractivity (Wildman–Crippen MR) is 75.8 cm³/mol. The fourth-order valence-corrected chi connectivity index (χ4v) is 1.85. The van der Waals surface area contributed by atoms with Gasteiger partial charge in [0.25, 0.3) is 5.91 Å². The first-order valence-corrected chi connectivity index (χ1v) is 6.36. The summed E-state index contributed by atoms with van der Waals surface area (Å²) in [7, 11) is 0. The molecule has 2 rings (SSSR count). The maximum absolute atomic E-state index is 12.1. The minimum atomic E-state index is -0.133. The van der Waals surface area contributed by atoms with E-state index in [1.807, 2.05) is 38.1 Å². The van der Waals surface area contributed by atoms with Crippen LogP contribution >= 0.6 is 15.9 Å². The zero-order valence-electron chi connectivity index (χ0n) is 10.2. The van der Waals surface area contributed by atoms with Gasteiger partial charge in [0.1, 0.15) is 5.82 Å². The van der Waals surface area contributed by atoms with Crippen LogP contribution in [-0.2, 0) is 0 Å². The molecule has 0 unspecified atom stereocenters. The molecule has 0 saturated carbocycles. The number of pyridine rings is 1. The number of halogens is 1. The molecule has 1 aromatic heterocycles. The Hall–Kier alpha value is -1.68. The van der Waals surface area contributed by atoms with Gasteiger partial charge in [0, 0.05) is 16.2 Å². The highest BCUT2D eigenvalue weighted by Crippen LogP contribution is 2.14. The van der Waals surface area contributed by atoms with Crippen molar-refractivity contribution in [3.63, 3.8) is 0 Å². The largest absolute Gasteiger partial charge is 0.307 e. The Bertz CT molecular complexity index is 579. The number of hydrogen-bond acceptors (Lipinski definition) is 2. The number of aromatic nitrogens is 1. The van der Waals surface area contributed by atoms with Crippen molar-refractivity contribution in [1.82, 2.24) is 4.98 Å². The number of amides is 1. The molecule has 0 aliphatic heterocycles. The van der Waals surface area contributed by atoms with Crippen LogP contribution in [-0.4, -0.2) is 10.9 Å². The van der Waals surface area contributed by atoms with Crippen molar-refractivity contribution in [2.24, 2.45) is 0 Å². The third-order valence-electron chi connectivity index (χ3n) is 2.61. The molecule has 0 fully saturated rings. The maximum Gasteiger partial charge on any atom is 0.257 e. The first-order chi connectivity index (χ1) is 8.56. The molecule has 0 saturated heterocycles. The summed E-state index contributed by atoms with van der Waals surface area (Å²) in [5.41, 5.74) is 2.70. The number of carbonyl (C=O) groups is 1. The Labute approximate surface area is 114 Å². The number of rotatable bonds is 2. The quantitative estimate of drug-likeness (QED) is 0.919. The first kappa shape index (κ1) is 12.8. The molecule has 0 bridgehead atoms. The predicted octanol–water partition coefficient (Wildman–Crippen LogP) is 3.71. The Kier molecular flexibility index (Phi) is 3.77. The van der Waals surface area contributed by atoms with Crippen molar-refractivity contribution >= 4 is 27.7 Å². The number of carbonyl (C=O) groups excluding carboxylic acids is 1. The normalized spacial score (nSPS) is 10.2. The van der Waals surface area contributed by atoms with Gasteiger partial charge in [-0.15, -0.1) is 0 Å². The lowest BCUT2D eigenvalue weighted by Crippen LogP contribution is -2.14. The zero-order valence-corrected chi connectivity index (χ0v) is 11.8. The van der Waals surface area contributed by atoms with Crippen LogP contribution in [0.25, 0.3) is 0 Å². The zero-order chi connectivity index (χ0) is 13.1. The molecule has 1 N–H and O–H groups in total. The van der Waals surface area contributed by atoms with Gasteiger partial charge in [-0.25, -0.2) is 4.98 Å². The van der Waals surface area contributed by atoms with E-state index in [4.69, 9.17) is 0 Å². The highest BCUT2D eigenvalue weighted by molar-refractivity contribution is 9.10. The molecule has 18 heavy (non-hydrogen) atoms. The standard InChI is InChI=1S/C14H13BrN2O/c1-9-3-4-10(2)12(7-9)14(18)17-13-6-5-11(15)8-16-13/h3-8H,1-2H3,(H,16,17,18). The van der Waals surface area contributed by atoms with E-state index in [1.54, 1.807) is 12.3 Å². The SMILES string of the molecule is Cc1ccc(C)c(C(=O)Nc2ccc(Br)cn2)c1. The molecule has 1 heterocycles. The molecule has 0 aliphatic rings. The van der Waals surface area contributed by atoms with Gasteiger partial charge < -0.3 is 5.32 Å². The summed E-state index contributed by atoms with van der Waals surface area (Å²) in [5.74, 6) is 0.412. The van der Waals surface area contributed by atoms with Crippen LogP contribution in [0.4, 0.5) is 5.82 Å². The van der Waals surface area contributed by atoms with Gasteiger partial charge >= 0.3 is 0 Å². The van der Waals surface area contributed by atoms with Crippen molar-refractivity contribution in [3.8, 4) is 0 Å². The monoisotopic (exact) mass is 304 g/mol. The van der Waals surface area contributed by atoms with Gasteiger partial charge in [0.2, 0.25) is 0 Å². The van der Waals surface area contributed by atoms with Crippen LogP contribution < -0.4 is 5.32 Å². The minimum absolute atomic E-state index is 0.133. The Morgan fingerprint density at radius 2 is 2.00 bits per heavy atom. The lowest BCUT2D eigenvalue weighted by molar-refractivity contribution is 0.102. The average molecular weight is 305 g/mol. The molecule has 92 valence electrons. The lowest BCUT2D eigenvalue weighted by Gasteiger charge is -2.08. The van der Waals surface area contributed by atoms with Crippen LogP contribution in [0.5, 0.6) is 0 Å². The Balaban J connectivity index is 2.21. The van der Waals surface area contributed by atoms with Gasteiger partial charge in [-0.3, -0.25) is 4.79 Å². The van der Waals surface area contributed by atoms with E-state index in [0.29, 0.717) is 11.4 Å². The summed E-state index contributed by atoms with van der Waals surface area (Å²) in [5, 5.41) is 2.78. The average Bonchev–Trinajstić information content (AvgIpc) is 2.35. The molecule has 0 spiro atoms. The van der Waals surface area contributed by atoms with Crippen LogP contribution in [0.15, 0.2) is 41.0 Å². The Morgan fingerprint density at radius 3 is 2.67 bits per heavy atom. The highest BCUT2D eigenvalue weighted by Gasteiger charge is 2.09. The van der Waals surface area contributed by atoms with Crippen LogP contribution in [0.3, 0.4) is 0 Å². The van der Waals surface area contributed by atoms with E-state index >= 15 is 0 Å². The molecule has 3 nitrogen and oxygen atoms in total. The van der Waals surface area contributed by atoms with E-state index in [1.165, 1.54) is 0 Å². The van der Waals surface area contributed by atoms with E-state index in [-0.39, 0.29) is 5.91 Å². The highest BCUT2D eigenvalue weighted by atomic mass is 79.9. The van der Waals surface area contributed by atoms with E-state index in [2.05, 4.69) is 26.2 Å². The number of anilines is 1.